The monoisotopic (exact) mass is 257 g/mol. The first-order chi connectivity index (χ1) is 8.77. The van der Waals surface area contributed by atoms with Crippen molar-refractivity contribution in [3.8, 4) is 0 Å². The topological polar surface area (TPSA) is 48.0 Å². The molecular formula is C13H23NO4. The number of rotatable bonds is 4. The minimum absolute atomic E-state index is 0.0751. The third-order valence-electron chi connectivity index (χ3n) is 3.88. The van der Waals surface area contributed by atoms with Gasteiger partial charge in [0.25, 0.3) is 0 Å². The molecule has 0 spiro atoms. The molecule has 2 heterocycles. The van der Waals surface area contributed by atoms with Crippen LogP contribution in [0.1, 0.15) is 26.2 Å². The Kier molecular flexibility index (Phi) is 4.97. The van der Waals surface area contributed by atoms with Gasteiger partial charge in [-0.3, -0.25) is 9.69 Å². The quantitative estimate of drug-likeness (QED) is 0.698. The molecule has 0 amide bonds. The first-order valence-electron chi connectivity index (χ1n) is 6.83. The Hall–Kier alpha value is -0.650. The van der Waals surface area contributed by atoms with Crippen LogP contribution in [0.3, 0.4) is 0 Å². The van der Waals surface area contributed by atoms with Crippen molar-refractivity contribution in [2.75, 3.05) is 46.1 Å². The van der Waals surface area contributed by atoms with E-state index in [9.17, 15) is 4.79 Å². The molecule has 0 atom stereocenters. The number of ether oxygens (including phenoxy) is 3. The SMILES string of the molecule is CCOC(=O)CC1(N2CCOCC2)CCOCC1. The van der Waals surface area contributed by atoms with Crippen molar-refractivity contribution in [2.24, 2.45) is 0 Å². The maximum absolute atomic E-state index is 11.8. The molecule has 2 rings (SSSR count). The van der Waals surface area contributed by atoms with E-state index in [1.807, 2.05) is 6.92 Å². The van der Waals surface area contributed by atoms with Gasteiger partial charge in [-0.25, -0.2) is 0 Å². The van der Waals surface area contributed by atoms with Crippen LogP contribution >= 0.6 is 0 Å². The number of nitrogens with zero attached hydrogens (tertiary/aromatic N) is 1. The van der Waals surface area contributed by atoms with Gasteiger partial charge in [0.05, 0.1) is 26.2 Å². The van der Waals surface area contributed by atoms with Crippen molar-refractivity contribution in [2.45, 2.75) is 31.7 Å². The number of hydrogen-bond acceptors (Lipinski definition) is 5. The second-order valence-corrected chi connectivity index (χ2v) is 4.92. The molecule has 2 aliphatic heterocycles. The van der Waals surface area contributed by atoms with E-state index in [0.717, 1.165) is 52.4 Å². The molecule has 0 N–H and O–H groups in total. The molecule has 18 heavy (non-hydrogen) atoms. The molecule has 0 aromatic carbocycles. The maximum Gasteiger partial charge on any atom is 0.307 e. The Balaban J connectivity index is 2.03. The third-order valence-corrected chi connectivity index (χ3v) is 3.88. The average Bonchev–Trinajstić information content (AvgIpc) is 2.41. The number of carbonyl (C=O) groups is 1. The fraction of sp³-hybridized carbons (Fsp3) is 0.923. The molecule has 0 bridgehead atoms. The summed E-state index contributed by atoms with van der Waals surface area (Å²) in [5.74, 6) is -0.0918. The summed E-state index contributed by atoms with van der Waals surface area (Å²) in [5.41, 5.74) is -0.0751. The Morgan fingerprint density at radius 2 is 1.78 bits per heavy atom. The largest absolute Gasteiger partial charge is 0.466 e. The van der Waals surface area contributed by atoms with Gasteiger partial charge in [-0.15, -0.1) is 0 Å². The van der Waals surface area contributed by atoms with Crippen LogP contribution in [0.2, 0.25) is 0 Å². The fourth-order valence-corrected chi connectivity index (χ4v) is 2.87. The van der Waals surface area contributed by atoms with Crippen LogP contribution in [0.15, 0.2) is 0 Å². The molecule has 5 nitrogen and oxygen atoms in total. The van der Waals surface area contributed by atoms with Crippen LogP contribution in [0.25, 0.3) is 0 Å². The zero-order chi connectivity index (χ0) is 12.8. The van der Waals surface area contributed by atoms with E-state index >= 15 is 0 Å². The lowest BCUT2D eigenvalue weighted by molar-refractivity contribution is -0.151. The summed E-state index contributed by atoms with van der Waals surface area (Å²) in [6.45, 7) is 7.08. The average molecular weight is 257 g/mol. The van der Waals surface area contributed by atoms with E-state index in [0.29, 0.717) is 13.0 Å². The van der Waals surface area contributed by atoms with Crippen LogP contribution in [0.4, 0.5) is 0 Å². The lowest BCUT2D eigenvalue weighted by Crippen LogP contribution is -2.57. The Labute approximate surface area is 108 Å². The standard InChI is InChI=1S/C13H23NO4/c1-2-18-12(15)11-13(3-7-16-8-4-13)14-5-9-17-10-6-14/h2-11H2,1H3. The number of carbonyl (C=O) groups excluding carboxylic acids is 1. The normalized spacial score (nSPS) is 24.7. The van der Waals surface area contributed by atoms with Crippen molar-refractivity contribution in [1.29, 1.82) is 0 Å². The second kappa shape index (κ2) is 6.50. The van der Waals surface area contributed by atoms with Crippen LogP contribution in [-0.4, -0.2) is 62.5 Å². The highest BCUT2D eigenvalue weighted by Gasteiger charge is 2.41. The van der Waals surface area contributed by atoms with Crippen LogP contribution in [0.5, 0.6) is 0 Å². The smallest absolute Gasteiger partial charge is 0.307 e. The van der Waals surface area contributed by atoms with Gasteiger partial charge in [-0.2, -0.15) is 0 Å². The molecule has 0 aliphatic carbocycles. The molecule has 0 saturated carbocycles. The summed E-state index contributed by atoms with van der Waals surface area (Å²) in [5, 5.41) is 0. The summed E-state index contributed by atoms with van der Waals surface area (Å²) < 4.78 is 16.0. The number of hydrogen-bond donors (Lipinski definition) is 0. The molecule has 2 aliphatic rings. The van der Waals surface area contributed by atoms with Gasteiger partial charge < -0.3 is 14.2 Å². The highest BCUT2D eigenvalue weighted by Crippen LogP contribution is 2.32. The molecule has 104 valence electrons. The van der Waals surface area contributed by atoms with Gasteiger partial charge in [-0.05, 0) is 19.8 Å². The zero-order valence-corrected chi connectivity index (χ0v) is 11.2. The van der Waals surface area contributed by atoms with Crippen LogP contribution < -0.4 is 0 Å². The van der Waals surface area contributed by atoms with Crippen LogP contribution in [-0.2, 0) is 19.0 Å². The molecular weight excluding hydrogens is 234 g/mol. The van der Waals surface area contributed by atoms with E-state index in [1.165, 1.54) is 0 Å². The third kappa shape index (κ3) is 3.22. The summed E-state index contributed by atoms with van der Waals surface area (Å²) in [7, 11) is 0. The molecule has 0 radical (unpaired) electrons. The number of morpholine rings is 1. The minimum Gasteiger partial charge on any atom is -0.466 e. The Morgan fingerprint density at radius 1 is 1.17 bits per heavy atom. The second-order valence-electron chi connectivity index (χ2n) is 4.92. The van der Waals surface area contributed by atoms with Gasteiger partial charge in [0, 0.05) is 31.8 Å². The summed E-state index contributed by atoms with van der Waals surface area (Å²) in [6, 6.07) is 0. The number of esters is 1. The van der Waals surface area contributed by atoms with Crippen molar-refractivity contribution >= 4 is 5.97 Å². The van der Waals surface area contributed by atoms with E-state index < -0.39 is 0 Å². The minimum atomic E-state index is -0.0918. The highest BCUT2D eigenvalue weighted by molar-refractivity contribution is 5.71. The zero-order valence-electron chi connectivity index (χ0n) is 11.2. The molecule has 2 saturated heterocycles. The lowest BCUT2D eigenvalue weighted by Gasteiger charge is -2.47. The van der Waals surface area contributed by atoms with Gasteiger partial charge in [-0.1, -0.05) is 0 Å². The lowest BCUT2D eigenvalue weighted by atomic mass is 9.84. The van der Waals surface area contributed by atoms with E-state index in [2.05, 4.69) is 4.90 Å². The maximum atomic E-state index is 11.8. The molecule has 5 heteroatoms. The van der Waals surface area contributed by atoms with Crippen molar-refractivity contribution in [3.05, 3.63) is 0 Å². The molecule has 0 unspecified atom stereocenters. The summed E-state index contributed by atoms with van der Waals surface area (Å²) in [4.78, 5) is 14.2. The molecule has 2 fully saturated rings. The van der Waals surface area contributed by atoms with Gasteiger partial charge in [0.1, 0.15) is 0 Å². The Morgan fingerprint density at radius 3 is 2.39 bits per heavy atom. The summed E-state index contributed by atoms with van der Waals surface area (Å²) in [6.07, 6.45) is 2.29. The van der Waals surface area contributed by atoms with E-state index in [-0.39, 0.29) is 11.5 Å². The van der Waals surface area contributed by atoms with Gasteiger partial charge >= 0.3 is 5.97 Å². The first kappa shape index (κ1) is 13.8. The predicted molar refractivity (Wildman–Crippen MR) is 66.4 cm³/mol. The highest BCUT2D eigenvalue weighted by atomic mass is 16.5. The first-order valence-corrected chi connectivity index (χ1v) is 6.83. The van der Waals surface area contributed by atoms with E-state index in [1.54, 1.807) is 0 Å². The van der Waals surface area contributed by atoms with Gasteiger partial charge in [0.2, 0.25) is 0 Å². The van der Waals surface area contributed by atoms with Crippen molar-refractivity contribution in [3.63, 3.8) is 0 Å². The summed E-state index contributed by atoms with van der Waals surface area (Å²) >= 11 is 0. The van der Waals surface area contributed by atoms with Gasteiger partial charge in [0.15, 0.2) is 0 Å². The van der Waals surface area contributed by atoms with Crippen LogP contribution in [0, 0.1) is 0 Å². The van der Waals surface area contributed by atoms with Crippen molar-refractivity contribution in [1.82, 2.24) is 4.90 Å². The molecule has 0 aromatic heterocycles. The molecule has 0 aromatic rings. The predicted octanol–water partition coefficient (Wildman–Crippen LogP) is 0.821. The van der Waals surface area contributed by atoms with E-state index in [4.69, 9.17) is 14.2 Å². The van der Waals surface area contributed by atoms with Crippen molar-refractivity contribution < 1.29 is 19.0 Å². The Bertz CT molecular complexity index is 270. The fourth-order valence-electron chi connectivity index (χ4n) is 2.87.